The van der Waals surface area contributed by atoms with Gasteiger partial charge in [0.25, 0.3) is 11.5 Å². The minimum absolute atomic E-state index is 0.117. The lowest BCUT2D eigenvalue weighted by atomic mass is 9.90. The lowest BCUT2D eigenvalue weighted by Crippen LogP contribution is -2.37. The lowest BCUT2D eigenvalue weighted by Gasteiger charge is -2.20. The summed E-state index contributed by atoms with van der Waals surface area (Å²) in [6.45, 7) is 0.331. The van der Waals surface area contributed by atoms with Crippen LogP contribution in [0.15, 0.2) is 76.4 Å². The number of benzene rings is 2. The average Bonchev–Trinajstić information content (AvgIpc) is 3.34. The van der Waals surface area contributed by atoms with Crippen LogP contribution < -0.4 is 21.5 Å². The zero-order valence-electron chi connectivity index (χ0n) is 21.1. The largest absolute Gasteiger partial charge is 0.378 e. The van der Waals surface area contributed by atoms with Crippen molar-refractivity contribution >= 4 is 33.5 Å². The van der Waals surface area contributed by atoms with Crippen LogP contribution in [0.25, 0.3) is 21.9 Å². The fourth-order valence-electron chi connectivity index (χ4n) is 4.66. The van der Waals surface area contributed by atoms with Crippen molar-refractivity contribution in [1.82, 2.24) is 24.4 Å². The minimum Gasteiger partial charge on any atom is -0.378 e. The second kappa shape index (κ2) is 9.42. The Bertz CT molecular complexity index is 1740. The number of hydrogen-bond acceptors (Lipinski definition) is 5. The number of pyridine rings is 1. The molecule has 0 spiro atoms. The molecule has 37 heavy (non-hydrogen) atoms. The van der Waals surface area contributed by atoms with E-state index in [0.717, 1.165) is 32.3 Å². The Kier molecular flexibility index (Phi) is 6.12. The minimum atomic E-state index is -0.497. The van der Waals surface area contributed by atoms with E-state index in [9.17, 15) is 14.4 Å². The van der Waals surface area contributed by atoms with Gasteiger partial charge >= 0.3 is 5.69 Å². The van der Waals surface area contributed by atoms with Gasteiger partial charge in [0.15, 0.2) is 0 Å². The van der Waals surface area contributed by atoms with Gasteiger partial charge in [-0.25, -0.2) is 9.78 Å². The number of H-pyrrole nitrogens is 1. The van der Waals surface area contributed by atoms with Gasteiger partial charge in [-0.15, -0.1) is 0 Å². The van der Waals surface area contributed by atoms with E-state index >= 15 is 0 Å². The highest BCUT2D eigenvalue weighted by molar-refractivity contribution is 5.94. The molecule has 1 amide bonds. The van der Waals surface area contributed by atoms with Crippen LogP contribution in [0.2, 0.25) is 0 Å². The molecule has 0 radical (unpaired) electrons. The van der Waals surface area contributed by atoms with Crippen molar-refractivity contribution in [3.05, 3.63) is 105 Å². The molecule has 2 aromatic carbocycles. The fraction of sp³-hybridized carbons (Fsp3) is 0.214. The number of fused-ring (bicyclic) bond motifs is 2. The van der Waals surface area contributed by atoms with E-state index in [0.29, 0.717) is 6.54 Å². The molecule has 9 heteroatoms. The number of carbonyl (C=O) groups is 1. The van der Waals surface area contributed by atoms with E-state index in [2.05, 4.69) is 45.6 Å². The molecular formula is C28H28N6O3. The van der Waals surface area contributed by atoms with E-state index in [1.54, 1.807) is 0 Å². The predicted octanol–water partition coefficient (Wildman–Crippen LogP) is 2.74. The molecule has 0 aliphatic heterocycles. The third-order valence-electron chi connectivity index (χ3n) is 6.81. The van der Waals surface area contributed by atoms with Crippen molar-refractivity contribution in [1.29, 1.82) is 0 Å². The number of aromatic amines is 1. The number of carbonyl (C=O) groups excluding carboxylic acids is 1. The summed E-state index contributed by atoms with van der Waals surface area (Å²) in [7, 11) is 6.94. The molecule has 1 unspecified atom stereocenters. The first-order valence-electron chi connectivity index (χ1n) is 11.9. The normalized spacial score (nSPS) is 12.1. The molecule has 9 nitrogen and oxygen atoms in total. The van der Waals surface area contributed by atoms with E-state index in [4.69, 9.17) is 0 Å². The van der Waals surface area contributed by atoms with Crippen LogP contribution in [0.5, 0.6) is 0 Å². The number of hydrogen-bond donors (Lipinski definition) is 2. The lowest BCUT2D eigenvalue weighted by molar-refractivity contribution is 0.0947. The van der Waals surface area contributed by atoms with Gasteiger partial charge in [-0.05, 0) is 41.5 Å². The van der Waals surface area contributed by atoms with Crippen molar-refractivity contribution in [2.45, 2.75) is 5.92 Å². The van der Waals surface area contributed by atoms with Crippen LogP contribution in [0.1, 0.15) is 27.5 Å². The number of aromatic nitrogens is 4. The zero-order valence-corrected chi connectivity index (χ0v) is 21.1. The molecule has 0 saturated heterocycles. The SMILES string of the molecule is CN(C)c1ccc(C(CNC(=O)c2ccc3c(=O)n(C)c(=O)n(C)c3n2)c2c[nH]c3ccccc23)cc1. The summed E-state index contributed by atoms with van der Waals surface area (Å²) < 4.78 is 2.30. The van der Waals surface area contributed by atoms with Gasteiger partial charge < -0.3 is 15.2 Å². The Morgan fingerprint density at radius 1 is 0.973 bits per heavy atom. The van der Waals surface area contributed by atoms with Gasteiger partial charge in [0, 0.05) is 63.4 Å². The maximum atomic E-state index is 13.2. The first-order valence-corrected chi connectivity index (χ1v) is 11.9. The number of para-hydroxylation sites is 1. The fourth-order valence-corrected chi connectivity index (χ4v) is 4.66. The van der Waals surface area contributed by atoms with Gasteiger partial charge in [-0.2, -0.15) is 0 Å². The van der Waals surface area contributed by atoms with Crippen LogP contribution in [-0.4, -0.2) is 45.6 Å². The summed E-state index contributed by atoms with van der Waals surface area (Å²) in [5.74, 6) is -0.502. The molecule has 5 aromatic rings. The first-order chi connectivity index (χ1) is 17.8. The second-order valence-electron chi connectivity index (χ2n) is 9.31. The molecule has 0 fully saturated rings. The Balaban J connectivity index is 1.49. The zero-order chi connectivity index (χ0) is 26.3. The molecule has 0 bridgehead atoms. The van der Waals surface area contributed by atoms with Crippen molar-refractivity contribution in [3.63, 3.8) is 0 Å². The number of anilines is 1. The Morgan fingerprint density at radius 2 is 1.70 bits per heavy atom. The monoisotopic (exact) mass is 496 g/mol. The summed E-state index contributed by atoms with van der Waals surface area (Å²) in [6.07, 6.45) is 1.99. The van der Waals surface area contributed by atoms with E-state index in [1.165, 1.54) is 30.8 Å². The molecule has 188 valence electrons. The van der Waals surface area contributed by atoms with Gasteiger partial charge in [-0.3, -0.25) is 18.7 Å². The van der Waals surface area contributed by atoms with Crippen LogP contribution in [0.4, 0.5) is 5.69 Å². The molecule has 3 aromatic heterocycles. The standard InChI is InChI=1S/C28H28N6O3/c1-32(2)18-11-9-17(10-12-18)21(22-16-29-23-8-6-5-7-19(22)23)15-30-26(35)24-14-13-20-25(31-24)33(3)28(37)34(4)27(20)36/h5-14,16,21,29H,15H2,1-4H3,(H,30,35). The van der Waals surface area contributed by atoms with Gasteiger partial charge in [0.1, 0.15) is 11.3 Å². The van der Waals surface area contributed by atoms with Crippen LogP contribution >= 0.6 is 0 Å². The number of rotatable bonds is 6. The molecular weight excluding hydrogens is 468 g/mol. The Morgan fingerprint density at radius 3 is 2.43 bits per heavy atom. The van der Waals surface area contributed by atoms with Crippen LogP contribution in [0, 0.1) is 0 Å². The Labute approximate surface area is 213 Å². The van der Waals surface area contributed by atoms with Gasteiger partial charge in [-0.1, -0.05) is 30.3 Å². The Hall–Kier alpha value is -4.66. The summed E-state index contributed by atoms with van der Waals surface area (Å²) in [6, 6.07) is 19.4. The molecule has 1 atom stereocenters. The number of aryl methyl sites for hydroxylation is 1. The summed E-state index contributed by atoms with van der Waals surface area (Å²) in [5.41, 5.74) is 3.62. The second-order valence-corrected chi connectivity index (χ2v) is 9.31. The highest BCUT2D eigenvalue weighted by Gasteiger charge is 2.21. The topological polar surface area (TPSA) is 105 Å². The van der Waals surface area contributed by atoms with E-state index in [1.807, 2.05) is 43.4 Å². The summed E-state index contributed by atoms with van der Waals surface area (Å²) >= 11 is 0. The quantitative estimate of drug-likeness (QED) is 0.376. The molecule has 5 rings (SSSR count). The first kappa shape index (κ1) is 24.1. The molecule has 2 N–H and O–H groups in total. The number of amides is 1. The van der Waals surface area contributed by atoms with Crippen LogP contribution in [-0.2, 0) is 14.1 Å². The highest BCUT2D eigenvalue weighted by Crippen LogP contribution is 2.31. The van der Waals surface area contributed by atoms with Crippen molar-refractivity contribution in [3.8, 4) is 0 Å². The van der Waals surface area contributed by atoms with Crippen molar-refractivity contribution in [2.24, 2.45) is 14.1 Å². The maximum absolute atomic E-state index is 13.2. The molecule has 0 aliphatic carbocycles. The third-order valence-corrected chi connectivity index (χ3v) is 6.81. The number of nitrogens with one attached hydrogen (secondary N) is 2. The van der Waals surface area contributed by atoms with Crippen LogP contribution in [0.3, 0.4) is 0 Å². The van der Waals surface area contributed by atoms with Crippen molar-refractivity contribution in [2.75, 3.05) is 25.5 Å². The van der Waals surface area contributed by atoms with Gasteiger partial charge in [0.2, 0.25) is 0 Å². The number of nitrogens with zero attached hydrogens (tertiary/aromatic N) is 4. The van der Waals surface area contributed by atoms with Gasteiger partial charge in [0.05, 0.1) is 5.39 Å². The smallest absolute Gasteiger partial charge is 0.332 e. The third kappa shape index (κ3) is 4.29. The molecule has 0 aliphatic rings. The van der Waals surface area contributed by atoms with Crippen molar-refractivity contribution < 1.29 is 4.79 Å². The highest BCUT2D eigenvalue weighted by atomic mass is 16.2. The van der Waals surface area contributed by atoms with E-state index in [-0.39, 0.29) is 28.6 Å². The maximum Gasteiger partial charge on any atom is 0.332 e. The average molecular weight is 497 g/mol. The summed E-state index contributed by atoms with van der Waals surface area (Å²) in [4.78, 5) is 47.7. The van der Waals surface area contributed by atoms with E-state index < -0.39 is 11.2 Å². The molecule has 3 heterocycles. The molecule has 0 saturated carbocycles. The summed E-state index contributed by atoms with van der Waals surface area (Å²) in [5, 5.41) is 4.38. The predicted molar refractivity (Wildman–Crippen MR) is 145 cm³/mol.